The molecule has 0 radical (unpaired) electrons. The third kappa shape index (κ3) is 3.59. The van der Waals surface area contributed by atoms with Crippen molar-refractivity contribution in [2.24, 2.45) is 0 Å². The zero-order valence-corrected chi connectivity index (χ0v) is 14.7. The molecule has 0 saturated heterocycles. The van der Waals surface area contributed by atoms with Gasteiger partial charge in [-0.3, -0.25) is 9.78 Å². The molecule has 0 aliphatic heterocycles. The number of aromatic nitrogens is 4. The molecule has 0 atom stereocenters. The summed E-state index contributed by atoms with van der Waals surface area (Å²) in [5.41, 5.74) is 3.69. The number of hydrogen-bond acceptors (Lipinski definition) is 4. The number of nitrogens with zero attached hydrogens (tertiary/aromatic N) is 4. The maximum atomic E-state index is 12.9. The molecule has 0 saturated carbocycles. The number of hydrogen-bond donors (Lipinski definition) is 1. The summed E-state index contributed by atoms with van der Waals surface area (Å²) in [5, 5.41) is 7.48. The highest BCUT2D eigenvalue weighted by atomic mass is 16.1. The van der Waals surface area contributed by atoms with Crippen LogP contribution in [-0.2, 0) is 0 Å². The highest BCUT2D eigenvalue weighted by Gasteiger charge is 2.19. The number of pyridine rings is 2. The molecule has 0 aliphatic carbocycles. The zero-order chi connectivity index (χ0) is 18.6. The van der Waals surface area contributed by atoms with E-state index in [0.717, 1.165) is 16.8 Å². The summed E-state index contributed by atoms with van der Waals surface area (Å²) in [5.74, 6) is 0.235. The summed E-state index contributed by atoms with van der Waals surface area (Å²) in [6.45, 7) is 1.95. The van der Waals surface area contributed by atoms with E-state index in [9.17, 15) is 4.79 Å². The van der Waals surface area contributed by atoms with Crippen molar-refractivity contribution >= 4 is 11.7 Å². The second kappa shape index (κ2) is 7.21. The van der Waals surface area contributed by atoms with E-state index in [0.29, 0.717) is 17.1 Å². The second-order valence-electron chi connectivity index (χ2n) is 6.09. The van der Waals surface area contributed by atoms with E-state index < -0.39 is 0 Å². The fourth-order valence-corrected chi connectivity index (χ4v) is 2.76. The lowest BCUT2D eigenvalue weighted by Gasteiger charge is -2.05. The van der Waals surface area contributed by atoms with Crippen molar-refractivity contribution < 1.29 is 4.79 Å². The molecule has 4 aromatic rings. The van der Waals surface area contributed by atoms with Crippen LogP contribution in [0.1, 0.15) is 15.9 Å². The molecule has 0 aliphatic rings. The number of para-hydroxylation sites is 1. The smallest absolute Gasteiger partial charge is 0.260 e. The van der Waals surface area contributed by atoms with E-state index in [4.69, 9.17) is 0 Å². The Morgan fingerprint density at radius 2 is 1.89 bits per heavy atom. The second-order valence-corrected chi connectivity index (χ2v) is 6.09. The van der Waals surface area contributed by atoms with Crippen LogP contribution in [0.3, 0.4) is 0 Å². The van der Waals surface area contributed by atoms with Crippen molar-refractivity contribution in [2.45, 2.75) is 6.92 Å². The monoisotopic (exact) mass is 355 g/mol. The molecule has 6 nitrogen and oxygen atoms in total. The number of rotatable bonds is 4. The number of anilines is 1. The molecule has 0 bridgehead atoms. The minimum atomic E-state index is -0.269. The van der Waals surface area contributed by atoms with Gasteiger partial charge in [0.05, 0.1) is 11.3 Å². The molecule has 0 fully saturated rings. The Balaban J connectivity index is 1.76. The number of carbonyl (C=O) groups excluding carboxylic acids is 1. The molecular formula is C21H17N5O. The van der Waals surface area contributed by atoms with Gasteiger partial charge in [-0.05, 0) is 48.9 Å². The summed E-state index contributed by atoms with van der Waals surface area (Å²) in [6.07, 6.45) is 6.77. The highest BCUT2D eigenvalue weighted by Crippen LogP contribution is 2.24. The predicted molar refractivity (Wildman–Crippen MR) is 104 cm³/mol. The van der Waals surface area contributed by atoms with Gasteiger partial charge in [-0.25, -0.2) is 9.67 Å². The van der Waals surface area contributed by atoms with Crippen LogP contribution in [0.25, 0.3) is 16.9 Å². The number of carbonyl (C=O) groups is 1. The normalized spacial score (nSPS) is 10.6. The van der Waals surface area contributed by atoms with Crippen molar-refractivity contribution in [2.75, 3.05) is 5.32 Å². The topological polar surface area (TPSA) is 72.7 Å². The van der Waals surface area contributed by atoms with E-state index in [1.54, 1.807) is 29.5 Å². The van der Waals surface area contributed by atoms with Gasteiger partial charge in [0, 0.05) is 30.4 Å². The molecule has 1 amide bonds. The van der Waals surface area contributed by atoms with Crippen molar-refractivity contribution in [3.8, 4) is 16.9 Å². The van der Waals surface area contributed by atoms with Gasteiger partial charge in [0.25, 0.3) is 5.91 Å². The molecule has 0 spiro atoms. The standard InChI is InChI=1S/C21H17N5O/c1-15-9-11-23-19(12-15)24-21(27)18-14-26(17-7-3-2-4-8-17)25-20(18)16-6-5-10-22-13-16/h2-14H,1H3,(H,23,24,27). The summed E-state index contributed by atoms with van der Waals surface area (Å²) < 4.78 is 1.70. The molecule has 3 aromatic heterocycles. The Kier molecular flexibility index (Phi) is 4.45. The minimum Gasteiger partial charge on any atom is -0.306 e. The molecule has 3 heterocycles. The summed E-state index contributed by atoms with van der Waals surface area (Å²) >= 11 is 0. The maximum Gasteiger partial charge on any atom is 0.260 e. The largest absolute Gasteiger partial charge is 0.306 e. The van der Waals surface area contributed by atoms with Crippen molar-refractivity contribution in [3.63, 3.8) is 0 Å². The van der Waals surface area contributed by atoms with Crippen LogP contribution >= 0.6 is 0 Å². The van der Waals surface area contributed by atoms with E-state index in [1.807, 2.05) is 61.5 Å². The zero-order valence-electron chi connectivity index (χ0n) is 14.7. The molecular weight excluding hydrogens is 338 g/mol. The Hall–Kier alpha value is -3.80. The lowest BCUT2D eigenvalue weighted by atomic mass is 10.1. The molecule has 132 valence electrons. The van der Waals surface area contributed by atoms with Crippen LogP contribution in [0.15, 0.2) is 79.4 Å². The average molecular weight is 355 g/mol. The van der Waals surface area contributed by atoms with Crippen LogP contribution in [-0.4, -0.2) is 25.7 Å². The first-order valence-corrected chi connectivity index (χ1v) is 8.50. The maximum absolute atomic E-state index is 12.9. The number of benzene rings is 1. The summed E-state index contributed by atoms with van der Waals surface area (Å²) in [6, 6.07) is 17.1. The first-order valence-electron chi connectivity index (χ1n) is 8.50. The SMILES string of the molecule is Cc1ccnc(NC(=O)c2cn(-c3ccccc3)nc2-c2cccnc2)c1. The van der Waals surface area contributed by atoms with E-state index in [-0.39, 0.29) is 5.91 Å². The molecule has 4 rings (SSSR count). The molecule has 0 unspecified atom stereocenters. The van der Waals surface area contributed by atoms with Gasteiger partial charge in [-0.2, -0.15) is 5.10 Å². The highest BCUT2D eigenvalue weighted by molar-refractivity contribution is 6.07. The van der Waals surface area contributed by atoms with Gasteiger partial charge in [0.2, 0.25) is 0 Å². The van der Waals surface area contributed by atoms with Gasteiger partial charge >= 0.3 is 0 Å². The van der Waals surface area contributed by atoms with Crippen LogP contribution in [0, 0.1) is 6.92 Å². The number of aryl methyl sites for hydroxylation is 1. The Morgan fingerprint density at radius 1 is 1.04 bits per heavy atom. The van der Waals surface area contributed by atoms with E-state index >= 15 is 0 Å². The third-order valence-electron chi connectivity index (χ3n) is 4.07. The van der Waals surface area contributed by atoms with Gasteiger partial charge in [0.1, 0.15) is 11.5 Å². The molecule has 1 N–H and O–H groups in total. The summed E-state index contributed by atoms with van der Waals surface area (Å²) in [7, 11) is 0. The Morgan fingerprint density at radius 3 is 2.63 bits per heavy atom. The molecule has 27 heavy (non-hydrogen) atoms. The first kappa shape index (κ1) is 16.7. The average Bonchev–Trinajstić information content (AvgIpc) is 3.15. The van der Waals surface area contributed by atoms with Gasteiger partial charge in [0.15, 0.2) is 0 Å². The van der Waals surface area contributed by atoms with Crippen molar-refractivity contribution in [1.82, 2.24) is 19.7 Å². The lowest BCUT2D eigenvalue weighted by molar-refractivity contribution is 0.102. The number of amides is 1. The molecule has 6 heteroatoms. The third-order valence-corrected chi connectivity index (χ3v) is 4.07. The quantitative estimate of drug-likeness (QED) is 0.603. The Labute approximate surface area is 156 Å². The van der Waals surface area contributed by atoms with Crippen molar-refractivity contribution in [3.05, 3.63) is 90.5 Å². The van der Waals surface area contributed by atoms with Gasteiger partial charge in [-0.1, -0.05) is 18.2 Å². The van der Waals surface area contributed by atoms with Gasteiger partial charge < -0.3 is 5.32 Å². The lowest BCUT2D eigenvalue weighted by Crippen LogP contribution is -2.13. The van der Waals surface area contributed by atoms with Gasteiger partial charge in [-0.15, -0.1) is 0 Å². The van der Waals surface area contributed by atoms with Crippen LogP contribution < -0.4 is 5.32 Å². The van der Waals surface area contributed by atoms with Crippen LogP contribution in [0.4, 0.5) is 5.82 Å². The fraction of sp³-hybridized carbons (Fsp3) is 0.0476. The summed E-state index contributed by atoms with van der Waals surface area (Å²) in [4.78, 5) is 21.3. The Bertz CT molecular complexity index is 1070. The molecule has 1 aromatic carbocycles. The van der Waals surface area contributed by atoms with E-state index in [2.05, 4.69) is 20.4 Å². The van der Waals surface area contributed by atoms with Crippen molar-refractivity contribution in [1.29, 1.82) is 0 Å². The first-order chi connectivity index (χ1) is 13.2. The number of nitrogens with one attached hydrogen (secondary N) is 1. The van der Waals surface area contributed by atoms with E-state index in [1.165, 1.54) is 0 Å². The fourth-order valence-electron chi connectivity index (χ4n) is 2.76. The van der Waals surface area contributed by atoms with Crippen LogP contribution in [0.2, 0.25) is 0 Å². The minimum absolute atomic E-state index is 0.269. The van der Waals surface area contributed by atoms with Crippen LogP contribution in [0.5, 0.6) is 0 Å². The predicted octanol–water partition coefficient (Wildman–Crippen LogP) is 3.89.